The van der Waals surface area contributed by atoms with Gasteiger partial charge in [-0.2, -0.15) is 0 Å². The van der Waals surface area contributed by atoms with E-state index in [1.54, 1.807) is 6.07 Å². The number of benzene rings is 2. The lowest BCUT2D eigenvalue weighted by Gasteiger charge is -2.08. The van der Waals surface area contributed by atoms with Crippen molar-refractivity contribution in [2.24, 2.45) is 0 Å². The molecule has 0 aliphatic rings. The lowest BCUT2D eigenvalue weighted by Crippen LogP contribution is -2.27. The van der Waals surface area contributed by atoms with Crippen LogP contribution >= 0.6 is 23.6 Å². The van der Waals surface area contributed by atoms with Crippen molar-refractivity contribution in [1.82, 2.24) is 10.3 Å². The average Bonchev–Trinajstić information content (AvgIpc) is 2.94. The molecular formula is C16H14N4O2S2. The molecule has 3 rings (SSSR count). The van der Waals surface area contributed by atoms with E-state index in [2.05, 4.69) is 21.7 Å². The summed E-state index contributed by atoms with van der Waals surface area (Å²) in [6, 6.07) is 12.8. The molecule has 24 heavy (non-hydrogen) atoms. The van der Waals surface area contributed by atoms with Crippen molar-refractivity contribution in [3.8, 4) is 0 Å². The molecule has 0 spiro atoms. The van der Waals surface area contributed by atoms with Crippen LogP contribution in [0.2, 0.25) is 0 Å². The molecule has 0 saturated carbocycles. The number of fused-ring (bicyclic) bond motifs is 1. The summed E-state index contributed by atoms with van der Waals surface area (Å²) >= 11 is 6.60. The summed E-state index contributed by atoms with van der Waals surface area (Å²) in [6.07, 6.45) is 0. The van der Waals surface area contributed by atoms with Crippen LogP contribution in [0.3, 0.4) is 0 Å². The fourth-order valence-corrected chi connectivity index (χ4v) is 3.36. The Balaban J connectivity index is 1.65. The molecule has 0 saturated heterocycles. The molecule has 0 aliphatic carbocycles. The first kappa shape index (κ1) is 16.3. The third-order valence-electron chi connectivity index (χ3n) is 3.34. The average molecular weight is 358 g/mol. The first-order valence-corrected chi connectivity index (χ1v) is 8.39. The number of nitrogens with one attached hydrogen (secondary N) is 2. The molecule has 1 aromatic heterocycles. The zero-order valence-electron chi connectivity index (χ0n) is 12.8. The number of nitro groups is 1. The van der Waals surface area contributed by atoms with Gasteiger partial charge >= 0.3 is 0 Å². The minimum absolute atomic E-state index is 0.0536. The highest BCUT2D eigenvalue weighted by Gasteiger charge is 2.10. The van der Waals surface area contributed by atoms with Crippen LogP contribution in [0, 0.1) is 17.0 Å². The van der Waals surface area contributed by atoms with Gasteiger partial charge < -0.3 is 10.6 Å². The Labute approximate surface area is 147 Å². The quantitative estimate of drug-likeness (QED) is 0.417. The van der Waals surface area contributed by atoms with Crippen molar-refractivity contribution in [3.63, 3.8) is 0 Å². The van der Waals surface area contributed by atoms with Crippen LogP contribution in [0.5, 0.6) is 0 Å². The minimum Gasteiger partial charge on any atom is -0.358 e. The molecular weight excluding hydrogens is 344 g/mol. The van der Waals surface area contributed by atoms with Gasteiger partial charge in [-0.3, -0.25) is 10.1 Å². The monoisotopic (exact) mass is 358 g/mol. The van der Waals surface area contributed by atoms with Gasteiger partial charge in [0.1, 0.15) is 0 Å². The number of nitro benzene ring substituents is 1. The molecule has 0 atom stereocenters. The Morgan fingerprint density at radius 3 is 2.92 bits per heavy atom. The Hall–Kier alpha value is -2.58. The molecule has 0 radical (unpaired) electrons. The van der Waals surface area contributed by atoms with Crippen LogP contribution < -0.4 is 10.6 Å². The molecule has 0 unspecified atom stereocenters. The smallest absolute Gasteiger partial charge is 0.270 e. The molecule has 2 aromatic carbocycles. The van der Waals surface area contributed by atoms with Crippen LogP contribution in [0.1, 0.15) is 11.1 Å². The van der Waals surface area contributed by atoms with Crippen LogP contribution in [0.15, 0.2) is 42.5 Å². The lowest BCUT2D eigenvalue weighted by atomic mass is 10.1. The van der Waals surface area contributed by atoms with Crippen LogP contribution in [-0.2, 0) is 6.54 Å². The van der Waals surface area contributed by atoms with Gasteiger partial charge in [0, 0.05) is 18.7 Å². The summed E-state index contributed by atoms with van der Waals surface area (Å²) in [4.78, 5) is 14.8. The predicted octanol–water partition coefficient (Wildman–Crippen LogP) is 4.00. The lowest BCUT2D eigenvalue weighted by molar-refractivity contribution is -0.384. The summed E-state index contributed by atoms with van der Waals surface area (Å²) in [5.41, 5.74) is 3.09. The van der Waals surface area contributed by atoms with E-state index < -0.39 is 4.92 Å². The largest absolute Gasteiger partial charge is 0.358 e. The van der Waals surface area contributed by atoms with Crippen molar-refractivity contribution >= 4 is 49.7 Å². The van der Waals surface area contributed by atoms with E-state index >= 15 is 0 Å². The molecule has 8 heteroatoms. The number of non-ortho nitro benzene ring substituents is 1. The van der Waals surface area contributed by atoms with E-state index in [1.165, 1.54) is 29.0 Å². The van der Waals surface area contributed by atoms with E-state index in [1.807, 2.05) is 25.1 Å². The normalized spacial score (nSPS) is 10.5. The molecule has 2 N–H and O–H groups in total. The van der Waals surface area contributed by atoms with Crippen molar-refractivity contribution in [2.45, 2.75) is 13.5 Å². The Morgan fingerprint density at radius 2 is 2.17 bits per heavy atom. The molecule has 1 heterocycles. The number of anilines is 1. The van der Waals surface area contributed by atoms with Crippen LogP contribution in [-0.4, -0.2) is 15.0 Å². The van der Waals surface area contributed by atoms with Crippen molar-refractivity contribution in [3.05, 3.63) is 63.7 Å². The van der Waals surface area contributed by atoms with E-state index in [0.717, 1.165) is 10.3 Å². The van der Waals surface area contributed by atoms with Crippen LogP contribution in [0.4, 0.5) is 10.8 Å². The maximum atomic E-state index is 10.8. The first-order chi connectivity index (χ1) is 11.5. The predicted molar refractivity (Wildman–Crippen MR) is 101 cm³/mol. The maximum absolute atomic E-state index is 10.8. The minimum atomic E-state index is -0.416. The number of thiocarbonyl (C=S) groups is 1. The van der Waals surface area contributed by atoms with E-state index in [0.29, 0.717) is 22.3 Å². The number of thiazole rings is 1. The van der Waals surface area contributed by atoms with Crippen molar-refractivity contribution < 1.29 is 4.92 Å². The van der Waals surface area contributed by atoms with Gasteiger partial charge in [-0.1, -0.05) is 41.2 Å². The standard InChI is InChI=1S/C16H14N4O2S2/c1-10-3-2-4-11(7-10)9-17-15(23)19-16-18-13-6-5-12(20(21)22)8-14(13)24-16/h2-8H,9H2,1H3,(H2,17,18,19,23). The number of hydrogen-bond acceptors (Lipinski definition) is 5. The second-order valence-corrected chi connectivity index (χ2v) is 6.66. The van der Waals surface area contributed by atoms with Gasteiger partial charge in [0.25, 0.3) is 5.69 Å². The topological polar surface area (TPSA) is 80.1 Å². The van der Waals surface area contributed by atoms with Gasteiger partial charge in [-0.25, -0.2) is 4.98 Å². The number of rotatable bonds is 4. The molecule has 0 amide bonds. The molecule has 6 nitrogen and oxygen atoms in total. The number of nitrogens with zero attached hydrogens (tertiary/aromatic N) is 2. The fourth-order valence-electron chi connectivity index (χ4n) is 2.23. The summed E-state index contributed by atoms with van der Waals surface area (Å²) in [5.74, 6) is 0. The summed E-state index contributed by atoms with van der Waals surface area (Å²) < 4.78 is 0.744. The summed E-state index contributed by atoms with van der Waals surface area (Å²) in [6.45, 7) is 2.66. The van der Waals surface area contributed by atoms with E-state index in [4.69, 9.17) is 12.2 Å². The van der Waals surface area contributed by atoms with Gasteiger partial charge in [0.15, 0.2) is 10.2 Å². The van der Waals surface area contributed by atoms with Gasteiger partial charge in [0.05, 0.1) is 15.1 Å². The Kier molecular flexibility index (Phi) is 4.68. The van der Waals surface area contributed by atoms with Crippen molar-refractivity contribution in [2.75, 3.05) is 5.32 Å². The Morgan fingerprint density at radius 1 is 1.33 bits per heavy atom. The highest BCUT2D eigenvalue weighted by molar-refractivity contribution is 7.80. The summed E-state index contributed by atoms with van der Waals surface area (Å²) in [7, 11) is 0. The van der Waals surface area contributed by atoms with Gasteiger partial charge in [-0.15, -0.1) is 0 Å². The number of aromatic nitrogens is 1. The highest BCUT2D eigenvalue weighted by Crippen LogP contribution is 2.29. The zero-order chi connectivity index (χ0) is 17.1. The van der Waals surface area contributed by atoms with E-state index in [9.17, 15) is 10.1 Å². The molecule has 0 aliphatic heterocycles. The van der Waals surface area contributed by atoms with Gasteiger partial charge in [0.2, 0.25) is 0 Å². The molecule has 3 aromatic rings. The SMILES string of the molecule is Cc1cccc(CNC(=S)Nc2nc3ccc([N+](=O)[O-])cc3s2)c1. The third kappa shape index (κ3) is 3.84. The zero-order valence-corrected chi connectivity index (χ0v) is 14.4. The first-order valence-electron chi connectivity index (χ1n) is 7.16. The van der Waals surface area contributed by atoms with Crippen LogP contribution in [0.25, 0.3) is 10.2 Å². The fraction of sp³-hybridized carbons (Fsp3) is 0.125. The summed E-state index contributed by atoms with van der Waals surface area (Å²) in [5, 5.41) is 18.0. The maximum Gasteiger partial charge on any atom is 0.270 e. The number of aryl methyl sites for hydroxylation is 1. The Bertz CT molecular complexity index is 923. The third-order valence-corrected chi connectivity index (χ3v) is 4.52. The highest BCUT2D eigenvalue weighted by atomic mass is 32.1. The molecule has 122 valence electrons. The van der Waals surface area contributed by atoms with Crippen molar-refractivity contribution in [1.29, 1.82) is 0 Å². The van der Waals surface area contributed by atoms with E-state index in [-0.39, 0.29) is 5.69 Å². The van der Waals surface area contributed by atoms with Gasteiger partial charge in [-0.05, 0) is 30.8 Å². The second kappa shape index (κ2) is 6.90. The number of hydrogen-bond donors (Lipinski definition) is 2. The second-order valence-electron chi connectivity index (χ2n) is 5.22. The molecule has 0 bridgehead atoms. The molecule has 0 fully saturated rings.